The van der Waals surface area contributed by atoms with Crippen molar-refractivity contribution in [3.05, 3.63) is 0 Å². The highest BCUT2D eigenvalue weighted by molar-refractivity contribution is 6.05. The number of ketones is 2. The first-order valence-electron chi connectivity index (χ1n) is 5.78. The summed E-state index contributed by atoms with van der Waals surface area (Å²) in [4.78, 5) is 23.9. The van der Waals surface area contributed by atoms with E-state index < -0.39 is 0 Å². The topological polar surface area (TPSA) is 46.2 Å². The Bertz CT molecular complexity index is 270. The first-order chi connectivity index (χ1) is 6.99. The van der Waals surface area contributed by atoms with Crippen LogP contribution in [0.15, 0.2) is 0 Å². The SMILES string of the molecule is CC1(C)CC(=O)C(C2CCCN2)C(=O)C1. The van der Waals surface area contributed by atoms with E-state index in [-0.39, 0.29) is 28.9 Å². The van der Waals surface area contributed by atoms with Gasteiger partial charge in [0.15, 0.2) is 0 Å². The molecule has 0 aromatic heterocycles. The molecule has 0 spiro atoms. The van der Waals surface area contributed by atoms with Gasteiger partial charge >= 0.3 is 0 Å². The highest BCUT2D eigenvalue weighted by Crippen LogP contribution is 2.36. The van der Waals surface area contributed by atoms with E-state index >= 15 is 0 Å². The van der Waals surface area contributed by atoms with Crippen LogP contribution in [0.1, 0.15) is 39.5 Å². The van der Waals surface area contributed by atoms with Crippen LogP contribution in [0.4, 0.5) is 0 Å². The molecular formula is C12H19NO2. The average Bonchev–Trinajstić information content (AvgIpc) is 2.52. The Morgan fingerprint density at radius 1 is 1.20 bits per heavy atom. The molecule has 0 aromatic carbocycles. The molecule has 0 radical (unpaired) electrons. The molecule has 1 aliphatic carbocycles. The van der Waals surface area contributed by atoms with E-state index in [4.69, 9.17) is 0 Å². The molecule has 1 saturated carbocycles. The van der Waals surface area contributed by atoms with Gasteiger partial charge in [-0.2, -0.15) is 0 Å². The maximum Gasteiger partial charge on any atom is 0.145 e. The molecule has 2 fully saturated rings. The fourth-order valence-electron chi connectivity index (χ4n) is 2.85. The number of nitrogens with one attached hydrogen (secondary N) is 1. The highest BCUT2D eigenvalue weighted by Gasteiger charge is 2.43. The van der Waals surface area contributed by atoms with Crippen LogP contribution < -0.4 is 5.32 Å². The number of hydrogen-bond acceptors (Lipinski definition) is 3. The largest absolute Gasteiger partial charge is 0.313 e. The minimum Gasteiger partial charge on any atom is -0.313 e. The first-order valence-corrected chi connectivity index (χ1v) is 5.78. The van der Waals surface area contributed by atoms with Crippen LogP contribution in [0.5, 0.6) is 0 Å². The van der Waals surface area contributed by atoms with Gasteiger partial charge < -0.3 is 5.32 Å². The smallest absolute Gasteiger partial charge is 0.145 e. The van der Waals surface area contributed by atoms with E-state index in [1.54, 1.807) is 0 Å². The Hall–Kier alpha value is -0.700. The van der Waals surface area contributed by atoms with Crippen molar-refractivity contribution < 1.29 is 9.59 Å². The van der Waals surface area contributed by atoms with E-state index in [1.165, 1.54) is 0 Å². The normalized spacial score (nSPS) is 32.3. The molecule has 1 N–H and O–H groups in total. The lowest BCUT2D eigenvalue weighted by Gasteiger charge is -2.34. The van der Waals surface area contributed by atoms with Crippen molar-refractivity contribution in [3.8, 4) is 0 Å². The maximum absolute atomic E-state index is 11.9. The Kier molecular flexibility index (Phi) is 2.67. The maximum atomic E-state index is 11.9. The van der Waals surface area contributed by atoms with Gasteiger partial charge in [-0.15, -0.1) is 0 Å². The van der Waals surface area contributed by atoms with Crippen molar-refractivity contribution in [3.63, 3.8) is 0 Å². The Morgan fingerprint density at radius 3 is 2.27 bits per heavy atom. The summed E-state index contributed by atoms with van der Waals surface area (Å²) >= 11 is 0. The van der Waals surface area contributed by atoms with Crippen molar-refractivity contribution in [2.24, 2.45) is 11.3 Å². The second-order valence-corrected chi connectivity index (χ2v) is 5.63. The van der Waals surface area contributed by atoms with E-state index in [9.17, 15) is 9.59 Å². The summed E-state index contributed by atoms with van der Waals surface area (Å²) in [7, 11) is 0. The molecule has 3 nitrogen and oxygen atoms in total. The van der Waals surface area contributed by atoms with Gasteiger partial charge in [-0.05, 0) is 24.8 Å². The number of carbonyl (C=O) groups is 2. The summed E-state index contributed by atoms with van der Waals surface area (Å²) in [6.07, 6.45) is 3.18. The third kappa shape index (κ3) is 2.12. The molecule has 1 heterocycles. The molecule has 1 aliphatic heterocycles. The molecule has 0 bridgehead atoms. The number of carbonyl (C=O) groups excluding carboxylic acids is 2. The number of rotatable bonds is 1. The number of hydrogen-bond donors (Lipinski definition) is 1. The van der Waals surface area contributed by atoms with E-state index in [2.05, 4.69) is 5.32 Å². The van der Waals surface area contributed by atoms with Crippen LogP contribution in [-0.2, 0) is 9.59 Å². The van der Waals surface area contributed by atoms with Crippen molar-refractivity contribution in [2.75, 3.05) is 6.54 Å². The van der Waals surface area contributed by atoms with Crippen LogP contribution in [-0.4, -0.2) is 24.2 Å². The summed E-state index contributed by atoms with van der Waals surface area (Å²) in [5.41, 5.74) is -0.122. The summed E-state index contributed by atoms with van der Waals surface area (Å²) in [5.74, 6) is -0.0492. The highest BCUT2D eigenvalue weighted by atomic mass is 16.2. The summed E-state index contributed by atoms with van der Waals surface area (Å²) in [6.45, 7) is 4.95. The van der Waals surface area contributed by atoms with E-state index in [0.717, 1.165) is 19.4 Å². The molecule has 1 saturated heterocycles. The third-order valence-electron chi connectivity index (χ3n) is 3.50. The molecule has 2 rings (SSSR count). The van der Waals surface area contributed by atoms with Gasteiger partial charge in [-0.1, -0.05) is 13.8 Å². The Balaban J connectivity index is 2.12. The molecule has 3 heteroatoms. The molecule has 0 aromatic rings. The molecule has 1 atom stereocenters. The molecular weight excluding hydrogens is 190 g/mol. The lowest BCUT2D eigenvalue weighted by Crippen LogP contribution is -2.46. The zero-order valence-corrected chi connectivity index (χ0v) is 9.51. The monoisotopic (exact) mass is 209 g/mol. The van der Waals surface area contributed by atoms with E-state index in [1.807, 2.05) is 13.8 Å². The second kappa shape index (κ2) is 3.71. The predicted octanol–water partition coefficient (Wildman–Crippen LogP) is 1.31. The van der Waals surface area contributed by atoms with Gasteiger partial charge in [0, 0.05) is 18.9 Å². The van der Waals surface area contributed by atoms with Crippen LogP contribution in [0.2, 0.25) is 0 Å². The fourth-order valence-corrected chi connectivity index (χ4v) is 2.85. The van der Waals surface area contributed by atoms with Gasteiger partial charge in [0.2, 0.25) is 0 Å². The summed E-state index contributed by atoms with van der Waals surface area (Å²) < 4.78 is 0. The van der Waals surface area contributed by atoms with Crippen LogP contribution >= 0.6 is 0 Å². The summed E-state index contributed by atoms with van der Waals surface area (Å²) in [5, 5.41) is 3.27. The molecule has 15 heavy (non-hydrogen) atoms. The zero-order chi connectivity index (χ0) is 11.1. The predicted molar refractivity (Wildman–Crippen MR) is 57.5 cm³/mol. The Morgan fingerprint density at radius 2 is 1.80 bits per heavy atom. The van der Waals surface area contributed by atoms with Gasteiger partial charge in [0.05, 0.1) is 5.92 Å². The fraction of sp³-hybridized carbons (Fsp3) is 0.833. The molecule has 0 amide bonds. The molecule has 84 valence electrons. The van der Waals surface area contributed by atoms with Gasteiger partial charge in [0.25, 0.3) is 0 Å². The van der Waals surface area contributed by atoms with E-state index in [0.29, 0.717) is 12.8 Å². The van der Waals surface area contributed by atoms with Crippen LogP contribution in [0, 0.1) is 11.3 Å². The minimum absolute atomic E-state index is 0.122. The van der Waals surface area contributed by atoms with Gasteiger partial charge in [-0.25, -0.2) is 0 Å². The Labute approximate surface area is 90.6 Å². The van der Waals surface area contributed by atoms with Crippen molar-refractivity contribution in [2.45, 2.75) is 45.6 Å². The van der Waals surface area contributed by atoms with Crippen molar-refractivity contribution in [1.29, 1.82) is 0 Å². The lowest BCUT2D eigenvalue weighted by atomic mass is 9.69. The standard InChI is InChI=1S/C12H19NO2/c1-12(2)6-9(14)11(10(15)7-12)8-4-3-5-13-8/h8,11,13H,3-7H2,1-2H3. The average molecular weight is 209 g/mol. The van der Waals surface area contributed by atoms with Crippen molar-refractivity contribution in [1.82, 2.24) is 5.32 Å². The van der Waals surface area contributed by atoms with Gasteiger partial charge in [-0.3, -0.25) is 9.59 Å². The number of Topliss-reactive ketones (excluding diaryl/α,β-unsaturated/α-hetero) is 2. The second-order valence-electron chi connectivity index (χ2n) is 5.63. The van der Waals surface area contributed by atoms with Crippen LogP contribution in [0.25, 0.3) is 0 Å². The zero-order valence-electron chi connectivity index (χ0n) is 9.51. The summed E-state index contributed by atoms with van der Waals surface area (Å²) in [6, 6.07) is 0.126. The third-order valence-corrected chi connectivity index (χ3v) is 3.50. The van der Waals surface area contributed by atoms with Gasteiger partial charge in [0.1, 0.15) is 11.6 Å². The molecule has 2 aliphatic rings. The van der Waals surface area contributed by atoms with Crippen LogP contribution in [0.3, 0.4) is 0 Å². The quantitative estimate of drug-likeness (QED) is 0.662. The lowest BCUT2D eigenvalue weighted by molar-refractivity contribution is -0.140. The van der Waals surface area contributed by atoms with Crippen molar-refractivity contribution >= 4 is 11.6 Å². The minimum atomic E-state index is -0.347. The first kappa shape index (κ1) is 10.8. The molecule has 1 unspecified atom stereocenters.